The van der Waals surface area contributed by atoms with E-state index < -0.39 is 0 Å². The molecule has 0 bridgehead atoms. The number of benzene rings is 1. The fourth-order valence-corrected chi connectivity index (χ4v) is 2.82. The SMILES string of the molecule is CCc1cc(-c2nnc(-c3cc(C)nc(C(C)C)c3)o2)cc(C)c1O. The molecule has 0 saturated carbocycles. The van der Waals surface area contributed by atoms with Crippen LogP contribution in [0.25, 0.3) is 22.9 Å². The highest BCUT2D eigenvalue weighted by molar-refractivity contribution is 5.62. The molecule has 5 nitrogen and oxygen atoms in total. The average molecular weight is 337 g/mol. The van der Waals surface area contributed by atoms with Gasteiger partial charge in [-0.25, -0.2) is 0 Å². The van der Waals surface area contributed by atoms with E-state index >= 15 is 0 Å². The molecule has 0 atom stereocenters. The quantitative estimate of drug-likeness (QED) is 0.740. The first-order valence-corrected chi connectivity index (χ1v) is 8.54. The highest BCUT2D eigenvalue weighted by Crippen LogP contribution is 2.31. The summed E-state index contributed by atoms with van der Waals surface area (Å²) in [4.78, 5) is 4.55. The largest absolute Gasteiger partial charge is 0.507 e. The summed E-state index contributed by atoms with van der Waals surface area (Å²) in [6, 6.07) is 7.71. The van der Waals surface area contributed by atoms with Gasteiger partial charge < -0.3 is 9.52 Å². The summed E-state index contributed by atoms with van der Waals surface area (Å²) in [5, 5.41) is 18.5. The van der Waals surface area contributed by atoms with Crippen LogP contribution in [0.1, 0.15) is 49.2 Å². The molecule has 0 spiro atoms. The molecule has 2 aromatic heterocycles. The molecule has 0 aliphatic rings. The van der Waals surface area contributed by atoms with Crippen LogP contribution in [0.2, 0.25) is 0 Å². The zero-order valence-corrected chi connectivity index (χ0v) is 15.3. The van der Waals surface area contributed by atoms with Crippen molar-refractivity contribution >= 4 is 0 Å². The molecule has 25 heavy (non-hydrogen) atoms. The third kappa shape index (κ3) is 3.40. The van der Waals surface area contributed by atoms with Gasteiger partial charge >= 0.3 is 0 Å². The van der Waals surface area contributed by atoms with E-state index in [0.717, 1.165) is 40.1 Å². The number of phenolic OH excluding ortho intramolecular Hbond substituents is 1. The van der Waals surface area contributed by atoms with Crippen LogP contribution in [0.5, 0.6) is 5.75 Å². The number of aromatic hydroxyl groups is 1. The monoisotopic (exact) mass is 337 g/mol. The van der Waals surface area contributed by atoms with Crippen LogP contribution in [0, 0.1) is 13.8 Å². The third-order valence-electron chi connectivity index (χ3n) is 4.24. The molecule has 0 radical (unpaired) electrons. The van der Waals surface area contributed by atoms with Gasteiger partial charge in [0.2, 0.25) is 11.8 Å². The number of rotatable bonds is 4. The zero-order valence-electron chi connectivity index (χ0n) is 15.3. The maximum absolute atomic E-state index is 10.1. The lowest BCUT2D eigenvalue weighted by Gasteiger charge is -2.07. The Morgan fingerprint density at radius 2 is 1.64 bits per heavy atom. The molecule has 0 aliphatic carbocycles. The Kier molecular flexibility index (Phi) is 4.57. The van der Waals surface area contributed by atoms with E-state index in [4.69, 9.17) is 4.42 Å². The Bertz CT molecular complexity index is 913. The number of pyridine rings is 1. The molecular formula is C20H23N3O2. The second kappa shape index (κ2) is 6.67. The molecule has 0 aliphatic heterocycles. The second-order valence-electron chi connectivity index (χ2n) is 6.64. The van der Waals surface area contributed by atoms with Gasteiger partial charge in [-0.2, -0.15) is 0 Å². The van der Waals surface area contributed by atoms with Crippen molar-refractivity contribution in [2.45, 2.75) is 47.0 Å². The van der Waals surface area contributed by atoms with Gasteiger partial charge in [-0.3, -0.25) is 4.98 Å². The number of aromatic nitrogens is 3. The van der Waals surface area contributed by atoms with Gasteiger partial charge in [0.15, 0.2) is 0 Å². The summed E-state index contributed by atoms with van der Waals surface area (Å²) in [6.45, 7) is 10.1. The zero-order chi connectivity index (χ0) is 18.1. The number of aryl methyl sites for hydroxylation is 3. The Labute approximate surface area is 147 Å². The van der Waals surface area contributed by atoms with Crippen molar-refractivity contribution < 1.29 is 9.52 Å². The highest BCUT2D eigenvalue weighted by Gasteiger charge is 2.15. The minimum absolute atomic E-state index is 0.327. The number of hydrogen-bond acceptors (Lipinski definition) is 5. The van der Waals surface area contributed by atoms with E-state index in [1.807, 2.05) is 45.0 Å². The van der Waals surface area contributed by atoms with Crippen molar-refractivity contribution in [3.05, 3.63) is 46.8 Å². The molecule has 1 N–H and O–H groups in total. The van der Waals surface area contributed by atoms with Crippen molar-refractivity contribution in [2.75, 3.05) is 0 Å². The van der Waals surface area contributed by atoms with E-state index in [0.29, 0.717) is 23.4 Å². The average Bonchev–Trinajstić information content (AvgIpc) is 3.06. The molecule has 2 heterocycles. The number of phenols is 1. The predicted octanol–water partition coefficient (Wildman–Crippen LogP) is 4.81. The van der Waals surface area contributed by atoms with Gasteiger partial charge in [-0.05, 0) is 61.6 Å². The highest BCUT2D eigenvalue weighted by atomic mass is 16.4. The van der Waals surface area contributed by atoms with Gasteiger partial charge in [0, 0.05) is 22.5 Å². The van der Waals surface area contributed by atoms with Gasteiger partial charge in [0.1, 0.15) is 5.75 Å². The van der Waals surface area contributed by atoms with Crippen molar-refractivity contribution in [2.24, 2.45) is 0 Å². The first kappa shape index (κ1) is 17.1. The summed E-state index contributed by atoms with van der Waals surface area (Å²) in [7, 11) is 0. The number of nitrogens with zero attached hydrogens (tertiary/aromatic N) is 3. The summed E-state index contributed by atoms with van der Waals surface area (Å²) in [5.41, 5.74) is 5.30. The van der Waals surface area contributed by atoms with Crippen LogP contribution < -0.4 is 0 Å². The first-order chi connectivity index (χ1) is 11.9. The summed E-state index contributed by atoms with van der Waals surface area (Å²) < 4.78 is 5.91. The van der Waals surface area contributed by atoms with E-state index in [-0.39, 0.29) is 0 Å². The van der Waals surface area contributed by atoms with Crippen LogP contribution >= 0.6 is 0 Å². The van der Waals surface area contributed by atoms with E-state index in [9.17, 15) is 5.11 Å². The third-order valence-corrected chi connectivity index (χ3v) is 4.24. The van der Waals surface area contributed by atoms with Crippen LogP contribution in [-0.4, -0.2) is 20.3 Å². The maximum atomic E-state index is 10.1. The van der Waals surface area contributed by atoms with Crippen LogP contribution in [0.4, 0.5) is 0 Å². The molecule has 0 saturated heterocycles. The Morgan fingerprint density at radius 3 is 2.24 bits per heavy atom. The fourth-order valence-electron chi connectivity index (χ4n) is 2.82. The van der Waals surface area contributed by atoms with Gasteiger partial charge in [0.25, 0.3) is 0 Å². The van der Waals surface area contributed by atoms with Gasteiger partial charge in [-0.15, -0.1) is 10.2 Å². The molecule has 5 heteroatoms. The standard InChI is InChI=1S/C20H23N3O2/c1-6-14-9-15(7-12(4)18(14)24)19-22-23-20(25-19)16-8-13(5)21-17(10-16)11(2)3/h7-11,24H,6H2,1-5H3. The van der Waals surface area contributed by atoms with Crippen LogP contribution in [0.3, 0.4) is 0 Å². The summed E-state index contributed by atoms with van der Waals surface area (Å²) in [6.07, 6.45) is 0.739. The Balaban J connectivity index is 2.03. The molecule has 3 rings (SSSR count). The van der Waals surface area contributed by atoms with E-state index in [1.54, 1.807) is 0 Å². The molecule has 0 unspecified atom stereocenters. The maximum Gasteiger partial charge on any atom is 0.248 e. The topological polar surface area (TPSA) is 72.0 Å². The molecule has 130 valence electrons. The molecule has 3 aromatic rings. The lowest BCUT2D eigenvalue weighted by molar-refractivity contribution is 0.464. The second-order valence-corrected chi connectivity index (χ2v) is 6.64. The van der Waals surface area contributed by atoms with Crippen molar-refractivity contribution in [1.82, 2.24) is 15.2 Å². The number of hydrogen-bond donors (Lipinski definition) is 1. The molecule has 1 aromatic carbocycles. The van der Waals surface area contributed by atoms with Crippen LogP contribution in [-0.2, 0) is 6.42 Å². The lowest BCUT2D eigenvalue weighted by atomic mass is 10.0. The normalized spacial score (nSPS) is 11.3. The molecule has 0 fully saturated rings. The van der Waals surface area contributed by atoms with Gasteiger partial charge in [-0.1, -0.05) is 20.8 Å². The van der Waals surface area contributed by atoms with Gasteiger partial charge in [0.05, 0.1) is 0 Å². The minimum Gasteiger partial charge on any atom is -0.507 e. The Morgan fingerprint density at radius 1 is 1.00 bits per heavy atom. The summed E-state index contributed by atoms with van der Waals surface area (Å²) >= 11 is 0. The molecule has 0 amide bonds. The lowest BCUT2D eigenvalue weighted by Crippen LogP contribution is -1.95. The summed E-state index contributed by atoms with van der Waals surface area (Å²) in [5.74, 6) is 1.59. The van der Waals surface area contributed by atoms with Crippen LogP contribution in [0.15, 0.2) is 28.7 Å². The van der Waals surface area contributed by atoms with Crippen molar-refractivity contribution in [3.63, 3.8) is 0 Å². The molecular weight excluding hydrogens is 314 g/mol. The van der Waals surface area contributed by atoms with Crippen molar-refractivity contribution in [3.8, 4) is 28.7 Å². The smallest absolute Gasteiger partial charge is 0.248 e. The van der Waals surface area contributed by atoms with E-state index in [1.165, 1.54) is 0 Å². The fraction of sp³-hybridized carbons (Fsp3) is 0.350. The Hall–Kier alpha value is -2.69. The van der Waals surface area contributed by atoms with E-state index in [2.05, 4.69) is 29.0 Å². The first-order valence-electron chi connectivity index (χ1n) is 8.54. The van der Waals surface area contributed by atoms with Crippen molar-refractivity contribution in [1.29, 1.82) is 0 Å². The minimum atomic E-state index is 0.327. The predicted molar refractivity (Wildman–Crippen MR) is 97.6 cm³/mol.